The second-order valence-electron chi connectivity index (χ2n) is 6.75. The highest BCUT2D eigenvalue weighted by Crippen LogP contribution is 2.23. The standard InChI is InChI=1S/C19H28N2O3/c22-13-4-14-24-18-8-6-16(7-9-18)19(23)21-12-3-5-17(21)15-20-10-1-2-11-20/h6-9,17,22H,1-5,10-15H2/t17-/m0/s1. The summed E-state index contributed by atoms with van der Waals surface area (Å²) in [7, 11) is 0. The molecule has 2 fully saturated rings. The van der Waals surface area contributed by atoms with E-state index in [1.807, 2.05) is 24.3 Å². The number of aliphatic hydroxyl groups is 1. The molecule has 0 spiro atoms. The summed E-state index contributed by atoms with van der Waals surface area (Å²) in [4.78, 5) is 17.4. The van der Waals surface area contributed by atoms with Gasteiger partial charge in [0.25, 0.3) is 5.91 Å². The Labute approximate surface area is 144 Å². The highest BCUT2D eigenvalue weighted by molar-refractivity contribution is 5.94. The number of amides is 1. The van der Waals surface area contributed by atoms with Crippen molar-refractivity contribution in [2.24, 2.45) is 0 Å². The minimum atomic E-state index is 0.129. The first-order valence-electron chi connectivity index (χ1n) is 9.15. The van der Waals surface area contributed by atoms with Gasteiger partial charge in [-0.05, 0) is 63.0 Å². The van der Waals surface area contributed by atoms with Crippen LogP contribution in [0.25, 0.3) is 0 Å². The van der Waals surface area contributed by atoms with Crippen LogP contribution < -0.4 is 4.74 Å². The van der Waals surface area contributed by atoms with Crippen molar-refractivity contribution >= 4 is 5.91 Å². The quantitative estimate of drug-likeness (QED) is 0.778. The van der Waals surface area contributed by atoms with E-state index in [1.165, 1.54) is 25.9 Å². The number of aliphatic hydroxyl groups excluding tert-OH is 1. The van der Waals surface area contributed by atoms with Gasteiger partial charge in [0.05, 0.1) is 6.61 Å². The van der Waals surface area contributed by atoms with E-state index in [-0.39, 0.29) is 12.5 Å². The third-order valence-corrected chi connectivity index (χ3v) is 4.98. The SMILES string of the molecule is O=C(c1ccc(OCCCO)cc1)N1CCC[C@H]1CN1CCCC1. The van der Waals surface area contributed by atoms with Gasteiger partial charge in [0.2, 0.25) is 0 Å². The fourth-order valence-electron chi connectivity index (χ4n) is 3.67. The van der Waals surface area contributed by atoms with Crippen molar-refractivity contribution in [2.75, 3.05) is 39.4 Å². The monoisotopic (exact) mass is 332 g/mol. The lowest BCUT2D eigenvalue weighted by atomic mass is 10.1. The van der Waals surface area contributed by atoms with Gasteiger partial charge in [0.1, 0.15) is 5.75 Å². The van der Waals surface area contributed by atoms with Crippen molar-refractivity contribution in [2.45, 2.75) is 38.1 Å². The van der Waals surface area contributed by atoms with E-state index in [1.54, 1.807) is 0 Å². The Morgan fingerprint density at radius 3 is 2.58 bits per heavy atom. The molecule has 0 unspecified atom stereocenters. The smallest absolute Gasteiger partial charge is 0.254 e. The first-order chi connectivity index (χ1) is 11.8. The summed E-state index contributed by atoms with van der Waals surface area (Å²) in [5, 5.41) is 8.78. The van der Waals surface area contributed by atoms with Crippen LogP contribution >= 0.6 is 0 Å². The molecule has 3 rings (SSSR count). The molecule has 5 heteroatoms. The van der Waals surface area contributed by atoms with Gasteiger partial charge in [0, 0.05) is 37.7 Å². The van der Waals surface area contributed by atoms with Crippen LogP contribution in [0.5, 0.6) is 5.75 Å². The van der Waals surface area contributed by atoms with Gasteiger partial charge in [-0.15, -0.1) is 0 Å². The van der Waals surface area contributed by atoms with Crippen molar-refractivity contribution < 1.29 is 14.6 Å². The zero-order valence-electron chi connectivity index (χ0n) is 14.3. The first-order valence-corrected chi connectivity index (χ1v) is 9.15. The van der Waals surface area contributed by atoms with Crippen molar-refractivity contribution in [1.29, 1.82) is 0 Å². The Morgan fingerprint density at radius 1 is 1.12 bits per heavy atom. The molecule has 1 aromatic carbocycles. The molecule has 2 saturated heterocycles. The summed E-state index contributed by atoms with van der Waals surface area (Å²) in [6.07, 6.45) is 5.42. The van der Waals surface area contributed by atoms with Crippen LogP contribution in [0.3, 0.4) is 0 Å². The summed E-state index contributed by atoms with van der Waals surface area (Å²) >= 11 is 0. The number of likely N-dealkylation sites (tertiary alicyclic amines) is 2. The predicted molar refractivity (Wildman–Crippen MR) is 93.4 cm³/mol. The van der Waals surface area contributed by atoms with Crippen LogP contribution in [0.15, 0.2) is 24.3 Å². The molecule has 0 saturated carbocycles. The van der Waals surface area contributed by atoms with E-state index in [2.05, 4.69) is 9.80 Å². The summed E-state index contributed by atoms with van der Waals surface area (Å²) in [5.74, 6) is 0.883. The molecule has 0 aromatic heterocycles. The second kappa shape index (κ2) is 8.49. The van der Waals surface area contributed by atoms with Crippen LogP contribution in [0.4, 0.5) is 0 Å². The first kappa shape index (κ1) is 17.2. The molecular weight excluding hydrogens is 304 g/mol. The number of carbonyl (C=O) groups excluding carboxylic acids is 1. The largest absolute Gasteiger partial charge is 0.494 e. The maximum atomic E-state index is 12.8. The van der Waals surface area contributed by atoms with Gasteiger partial charge in [-0.2, -0.15) is 0 Å². The lowest BCUT2D eigenvalue weighted by Gasteiger charge is -2.28. The zero-order chi connectivity index (χ0) is 16.8. The molecule has 1 amide bonds. The normalized spacial score (nSPS) is 21.4. The van der Waals surface area contributed by atoms with Crippen molar-refractivity contribution in [1.82, 2.24) is 9.80 Å². The van der Waals surface area contributed by atoms with Gasteiger partial charge in [0.15, 0.2) is 0 Å². The Hall–Kier alpha value is -1.59. The highest BCUT2D eigenvalue weighted by atomic mass is 16.5. The maximum Gasteiger partial charge on any atom is 0.254 e. The van der Waals surface area contributed by atoms with Crippen LogP contribution in [0.1, 0.15) is 42.5 Å². The molecule has 0 aliphatic carbocycles. The predicted octanol–water partition coefficient (Wildman–Crippen LogP) is 2.15. The topological polar surface area (TPSA) is 53.0 Å². The summed E-state index contributed by atoms with van der Waals surface area (Å²) in [6, 6.07) is 7.74. The zero-order valence-corrected chi connectivity index (χ0v) is 14.3. The fraction of sp³-hybridized carbons (Fsp3) is 0.632. The van der Waals surface area contributed by atoms with Crippen molar-refractivity contribution in [3.8, 4) is 5.75 Å². The van der Waals surface area contributed by atoms with Gasteiger partial charge >= 0.3 is 0 Å². The Kier molecular flexibility index (Phi) is 6.10. The van der Waals surface area contributed by atoms with E-state index in [0.717, 1.165) is 37.2 Å². The maximum absolute atomic E-state index is 12.8. The third-order valence-electron chi connectivity index (χ3n) is 4.98. The number of nitrogens with zero attached hydrogens (tertiary/aromatic N) is 2. The van der Waals surface area contributed by atoms with Gasteiger partial charge in [-0.3, -0.25) is 4.79 Å². The lowest BCUT2D eigenvalue weighted by Crippen LogP contribution is -2.42. The molecule has 132 valence electrons. The lowest BCUT2D eigenvalue weighted by molar-refractivity contribution is 0.0708. The summed E-state index contributed by atoms with van der Waals surface area (Å²) in [6.45, 7) is 4.87. The average molecular weight is 332 g/mol. The number of hydrogen-bond donors (Lipinski definition) is 1. The van der Waals surface area contributed by atoms with E-state index < -0.39 is 0 Å². The van der Waals surface area contributed by atoms with E-state index >= 15 is 0 Å². The van der Waals surface area contributed by atoms with Crippen molar-refractivity contribution in [3.63, 3.8) is 0 Å². The van der Waals surface area contributed by atoms with Gasteiger partial charge in [-0.1, -0.05) is 0 Å². The van der Waals surface area contributed by atoms with Crippen molar-refractivity contribution in [3.05, 3.63) is 29.8 Å². The van der Waals surface area contributed by atoms with Crippen LogP contribution in [0, 0.1) is 0 Å². The molecule has 24 heavy (non-hydrogen) atoms. The average Bonchev–Trinajstić information content (AvgIpc) is 3.27. The number of carbonyl (C=O) groups is 1. The number of rotatable bonds is 7. The van der Waals surface area contributed by atoms with Crippen LogP contribution in [0.2, 0.25) is 0 Å². The molecule has 0 radical (unpaired) electrons. The molecule has 1 aromatic rings. The fourth-order valence-corrected chi connectivity index (χ4v) is 3.67. The molecular formula is C19H28N2O3. The number of hydrogen-bond acceptors (Lipinski definition) is 4. The molecule has 2 aliphatic heterocycles. The molecule has 0 bridgehead atoms. The van der Waals surface area contributed by atoms with Crippen LogP contribution in [-0.2, 0) is 0 Å². The summed E-state index contributed by atoms with van der Waals surface area (Å²) < 4.78 is 5.52. The minimum Gasteiger partial charge on any atom is -0.494 e. The molecule has 2 heterocycles. The Morgan fingerprint density at radius 2 is 1.88 bits per heavy atom. The van der Waals surface area contributed by atoms with Gasteiger partial charge in [-0.25, -0.2) is 0 Å². The summed E-state index contributed by atoms with van der Waals surface area (Å²) in [5.41, 5.74) is 0.734. The van der Waals surface area contributed by atoms with E-state index in [4.69, 9.17) is 9.84 Å². The molecule has 1 atom stereocenters. The minimum absolute atomic E-state index is 0.129. The molecule has 5 nitrogen and oxygen atoms in total. The van der Waals surface area contributed by atoms with Crippen LogP contribution in [-0.4, -0.2) is 66.2 Å². The highest BCUT2D eigenvalue weighted by Gasteiger charge is 2.31. The molecule has 1 N–H and O–H groups in total. The molecule has 2 aliphatic rings. The second-order valence-corrected chi connectivity index (χ2v) is 6.75. The Bertz CT molecular complexity index is 526. The van der Waals surface area contributed by atoms with Gasteiger partial charge < -0.3 is 19.6 Å². The third kappa shape index (κ3) is 4.28. The Balaban J connectivity index is 1.57. The van der Waals surface area contributed by atoms with E-state index in [0.29, 0.717) is 19.1 Å². The van der Waals surface area contributed by atoms with E-state index in [9.17, 15) is 4.79 Å². The number of ether oxygens (including phenoxy) is 1. The number of benzene rings is 1.